The minimum absolute atomic E-state index is 0.335. The van der Waals surface area contributed by atoms with Crippen LogP contribution in [0.15, 0.2) is 35.4 Å². The van der Waals surface area contributed by atoms with Crippen molar-refractivity contribution in [3.05, 3.63) is 52.6 Å². The molecule has 1 unspecified atom stereocenters. The van der Waals surface area contributed by atoms with Crippen molar-refractivity contribution in [1.29, 1.82) is 10.5 Å². The van der Waals surface area contributed by atoms with Gasteiger partial charge in [-0.3, -0.25) is 9.69 Å². The number of aromatic nitrogens is 1. The predicted octanol–water partition coefficient (Wildman–Crippen LogP) is 1.79. The zero-order chi connectivity index (χ0) is 23.1. The number of anilines is 1. The lowest BCUT2D eigenvalue weighted by Gasteiger charge is -2.36. The Morgan fingerprint density at radius 1 is 1.16 bits per heavy atom. The molecule has 0 radical (unpaired) electrons. The van der Waals surface area contributed by atoms with Crippen molar-refractivity contribution in [3.8, 4) is 12.1 Å². The van der Waals surface area contributed by atoms with Crippen molar-refractivity contribution in [1.82, 2.24) is 9.88 Å². The molecule has 1 amide bonds. The fourth-order valence-electron chi connectivity index (χ4n) is 3.89. The Labute approximate surface area is 192 Å². The predicted molar refractivity (Wildman–Crippen MR) is 125 cm³/mol. The summed E-state index contributed by atoms with van der Waals surface area (Å²) in [5, 5.41) is 19.6. The highest BCUT2D eigenvalue weighted by Crippen LogP contribution is 2.39. The van der Waals surface area contributed by atoms with Crippen LogP contribution < -0.4 is 16.4 Å². The molecule has 1 aromatic carbocycles. The number of primary amides is 1. The van der Waals surface area contributed by atoms with Gasteiger partial charge in [-0.1, -0.05) is 49.0 Å². The number of nitriles is 2. The van der Waals surface area contributed by atoms with Crippen molar-refractivity contribution in [2.45, 2.75) is 23.6 Å². The molecule has 0 spiro atoms. The number of piperazine rings is 1. The molecular weight excluding hydrogens is 422 g/mol. The molecular formula is C23H27N7OS. The second-order valence-electron chi connectivity index (χ2n) is 7.47. The van der Waals surface area contributed by atoms with Gasteiger partial charge in [-0.25, -0.2) is 4.98 Å². The van der Waals surface area contributed by atoms with Crippen LogP contribution in [-0.2, 0) is 11.2 Å². The summed E-state index contributed by atoms with van der Waals surface area (Å²) >= 11 is 1.17. The van der Waals surface area contributed by atoms with E-state index in [4.69, 9.17) is 16.5 Å². The van der Waals surface area contributed by atoms with Gasteiger partial charge in [-0.15, -0.1) is 0 Å². The molecule has 1 atom stereocenters. The number of pyridine rings is 1. The topological polar surface area (TPSA) is 136 Å². The van der Waals surface area contributed by atoms with E-state index >= 15 is 0 Å². The molecule has 1 aliphatic heterocycles. The third kappa shape index (κ3) is 5.03. The molecule has 166 valence electrons. The van der Waals surface area contributed by atoms with E-state index in [9.17, 15) is 15.3 Å². The number of nitrogens with zero attached hydrogens (tertiary/aromatic N) is 5. The summed E-state index contributed by atoms with van der Waals surface area (Å²) in [6.45, 7) is 6.41. The molecule has 1 aromatic heterocycles. The van der Waals surface area contributed by atoms with Gasteiger partial charge in [-0.2, -0.15) is 10.5 Å². The van der Waals surface area contributed by atoms with Crippen LogP contribution in [0.2, 0.25) is 0 Å². The van der Waals surface area contributed by atoms with Crippen molar-refractivity contribution in [2.75, 3.05) is 44.2 Å². The van der Waals surface area contributed by atoms with E-state index < -0.39 is 11.2 Å². The third-order valence-corrected chi connectivity index (χ3v) is 6.79. The molecule has 0 saturated carbocycles. The number of thioether (sulfide) groups is 1. The van der Waals surface area contributed by atoms with Crippen LogP contribution in [0.1, 0.15) is 34.4 Å². The highest BCUT2D eigenvalue weighted by atomic mass is 32.2. The van der Waals surface area contributed by atoms with Crippen molar-refractivity contribution < 1.29 is 4.79 Å². The van der Waals surface area contributed by atoms with E-state index in [1.807, 2.05) is 37.3 Å². The molecule has 2 heterocycles. The summed E-state index contributed by atoms with van der Waals surface area (Å²) < 4.78 is 0. The van der Waals surface area contributed by atoms with E-state index in [1.165, 1.54) is 11.8 Å². The number of hydrogen-bond donors (Lipinski definition) is 2. The maximum Gasteiger partial charge on any atom is 0.235 e. The van der Waals surface area contributed by atoms with E-state index in [2.05, 4.69) is 21.9 Å². The number of carbonyl (C=O) groups excluding carboxylic acids is 1. The Kier molecular flexibility index (Phi) is 8.07. The third-order valence-electron chi connectivity index (χ3n) is 5.53. The zero-order valence-corrected chi connectivity index (χ0v) is 18.9. The first-order valence-electron chi connectivity index (χ1n) is 10.6. The number of nitrogens with two attached hydrogens (primary N) is 2. The average molecular weight is 450 g/mol. The van der Waals surface area contributed by atoms with Gasteiger partial charge in [0.1, 0.15) is 28.2 Å². The Bertz CT molecular complexity index is 1040. The summed E-state index contributed by atoms with van der Waals surface area (Å²) in [5.41, 5.74) is 13.6. The smallest absolute Gasteiger partial charge is 0.235 e. The molecule has 1 fully saturated rings. The molecule has 1 saturated heterocycles. The van der Waals surface area contributed by atoms with E-state index in [0.29, 0.717) is 53.6 Å². The summed E-state index contributed by atoms with van der Waals surface area (Å²) in [7, 11) is 0. The minimum atomic E-state index is -0.692. The standard InChI is InChI=1S/C23H27N7OS/c1-2-17-18(14-25)22(30-12-10-29(9-8-24)11-13-30)28-23(19(17)15-26)32-20(21(27)31)16-6-4-3-5-7-16/h3-7,20H,2,8-13,24H2,1H3,(H2,27,31). The van der Waals surface area contributed by atoms with Gasteiger partial charge in [0.15, 0.2) is 0 Å². The molecule has 2 aromatic rings. The molecule has 32 heavy (non-hydrogen) atoms. The maximum atomic E-state index is 12.3. The summed E-state index contributed by atoms with van der Waals surface area (Å²) in [4.78, 5) is 21.4. The van der Waals surface area contributed by atoms with Gasteiger partial charge < -0.3 is 16.4 Å². The Morgan fingerprint density at radius 3 is 2.34 bits per heavy atom. The fourth-order valence-corrected chi connectivity index (χ4v) is 4.95. The van der Waals surface area contributed by atoms with Crippen LogP contribution in [-0.4, -0.2) is 55.1 Å². The Morgan fingerprint density at radius 2 is 1.81 bits per heavy atom. The zero-order valence-electron chi connectivity index (χ0n) is 18.1. The number of benzene rings is 1. The molecule has 8 nitrogen and oxygen atoms in total. The summed E-state index contributed by atoms with van der Waals surface area (Å²) in [6.07, 6.45) is 0.509. The van der Waals surface area contributed by atoms with Gasteiger partial charge in [-0.05, 0) is 17.5 Å². The molecule has 0 bridgehead atoms. The number of rotatable bonds is 8. The monoisotopic (exact) mass is 449 g/mol. The summed E-state index contributed by atoms with van der Waals surface area (Å²) in [5.74, 6) is 0.0563. The van der Waals surface area contributed by atoms with Gasteiger partial charge >= 0.3 is 0 Å². The normalized spacial score (nSPS) is 15.1. The molecule has 4 N–H and O–H groups in total. The first-order valence-corrected chi connectivity index (χ1v) is 11.5. The molecule has 3 rings (SSSR count). The van der Waals surface area contributed by atoms with Gasteiger partial charge in [0, 0.05) is 39.3 Å². The van der Waals surface area contributed by atoms with Gasteiger partial charge in [0.05, 0.1) is 11.1 Å². The van der Waals surface area contributed by atoms with Gasteiger partial charge in [0.25, 0.3) is 0 Å². The Balaban J connectivity index is 2.04. The number of hydrogen-bond acceptors (Lipinski definition) is 8. The van der Waals surface area contributed by atoms with Crippen molar-refractivity contribution in [3.63, 3.8) is 0 Å². The highest BCUT2D eigenvalue weighted by Gasteiger charge is 2.28. The second kappa shape index (κ2) is 11.0. The van der Waals surface area contributed by atoms with Crippen LogP contribution in [0.4, 0.5) is 5.82 Å². The molecule has 9 heteroatoms. The number of amides is 1. The number of carbonyl (C=O) groups is 1. The summed E-state index contributed by atoms with van der Waals surface area (Å²) in [6, 6.07) is 13.7. The lowest BCUT2D eigenvalue weighted by molar-refractivity contribution is -0.117. The van der Waals surface area contributed by atoms with Crippen LogP contribution in [0.25, 0.3) is 0 Å². The van der Waals surface area contributed by atoms with E-state index in [0.717, 1.165) is 25.2 Å². The minimum Gasteiger partial charge on any atom is -0.368 e. The van der Waals surface area contributed by atoms with Crippen molar-refractivity contribution in [2.24, 2.45) is 11.5 Å². The van der Waals surface area contributed by atoms with E-state index in [1.54, 1.807) is 0 Å². The lowest BCUT2D eigenvalue weighted by atomic mass is 10.0. The largest absolute Gasteiger partial charge is 0.368 e. The van der Waals surface area contributed by atoms with Crippen molar-refractivity contribution >= 4 is 23.5 Å². The molecule has 1 aliphatic rings. The van der Waals surface area contributed by atoms with Crippen LogP contribution in [0.3, 0.4) is 0 Å². The van der Waals surface area contributed by atoms with Crippen LogP contribution >= 0.6 is 11.8 Å². The Hall–Kier alpha value is -3.11. The fraction of sp³-hybridized carbons (Fsp3) is 0.391. The lowest BCUT2D eigenvalue weighted by Crippen LogP contribution is -2.48. The van der Waals surface area contributed by atoms with E-state index in [-0.39, 0.29) is 0 Å². The molecule has 0 aliphatic carbocycles. The average Bonchev–Trinajstić information content (AvgIpc) is 2.82. The van der Waals surface area contributed by atoms with Crippen LogP contribution in [0, 0.1) is 22.7 Å². The maximum absolute atomic E-state index is 12.3. The van der Waals surface area contributed by atoms with Crippen LogP contribution in [0.5, 0.6) is 0 Å². The van der Waals surface area contributed by atoms with Gasteiger partial charge in [0.2, 0.25) is 5.91 Å². The second-order valence-corrected chi connectivity index (χ2v) is 8.57. The quantitative estimate of drug-likeness (QED) is 0.582. The first-order chi connectivity index (χ1) is 15.5. The SMILES string of the molecule is CCc1c(C#N)c(SC(C(N)=O)c2ccccc2)nc(N2CCN(CCN)CC2)c1C#N. The first kappa shape index (κ1) is 23.6. The highest BCUT2D eigenvalue weighted by molar-refractivity contribution is 8.00.